The summed E-state index contributed by atoms with van der Waals surface area (Å²) in [6.07, 6.45) is 2.08. The van der Waals surface area contributed by atoms with Crippen molar-refractivity contribution >= 4 is 40.6 Å². The lowest BCUT2D eigenvalue weighted by Gasteiger charge is -2.18. The molecule has 0 aliphatic carbocycles. The molecule has 8 rings (SSSR count). The Kier molecular flexibility index (Phi) is 9.70. The molecule has 0 spiro atoms. The van der Waals surface area contributed by atoms with E-state index in [1.807, 2.05) is 60.7 Å². The number of anilines is 2. The highest BCUT2D eigenvalue weighted by Crippen LogP contribution is 2.31. The Morgan fingerprint density at radius 2 is 1.12 bits per heavy atom. The van der Waals surface area contributed by atoms with Gasteiger partial charge in [-0.25, -0.2) is 9.97 Å². The molecule has 2 amide bonds. The average molecular weight is 789 g/mol. The molecule has 14 nitrogen and oxygen atoms in total. The van der Waals surface area contributed by atoms with Crippen molar-refractivity contribution in [3.8, 4) is 34.3 Å². The predicted molar refractivity (Wildman–Crippen MR) is 227 cm³/mol. The maximum absolute atomic E-state index is 13.0. The van der Waals surface area contributed by atoms with Gasteiger partial charge in [-0.3, -0.25) is 14.7 Å². The molecule has 4 heterocycles. The van der Waals surface area contributed by atoms with Crippen molar-refractivity contribution in [2.75, 3.05) is 24.9 Å². The quantitative estimate of drug-likeness (QED) is 0.134. The lowest BCUT2D eigenvalue weighted by atomic mass is 9.88. The van der Waals surface area contributed by atoms with E-state index >= 15 is 0 Å². The van der Waals surface area contributed by atoms with Gasteiger partial charge < -0.3 is 20.1 Å². The SMILES string of the molecule is COc1ccccc1C(=O)Nc1ccc(-c2nc3/c(=C\c4c(C(C)(C)C)[nH]n5nc(-c6ccc(NC(=O)c7ccccc7OC)cc6)nc45)c(C(C)(C)C)nn3n2)cc1. The Labute approximate surface area is 340 Å². The number of benzene rings is 4. The molecule has 4 aromatic heterocycles. The fourth-order valence-electron chi connectivity index (χ4n) is 6.89. The molecule has 0 fully saturated rings. The summed E-state index contributed by atoms with van der Waals surface area (Å²) in [6.45, 7) is 12.7. The van der Waals surface area contributed by atoms with E-state index in [-0.39, 0.29) is 22.6 Å². The fourth-order valence-corrected chi connectivity index (χ4v) is 6.89. The summed E-state index contributed by atoms with van der Waals surface area (Å²) in [7, 11) is 3.08. The zero-order valence-corrected chi connectivity index (χ0v) is 34.1. The molecule has 0 aliphatic rings. The first kappa shape index (κ1) is 38.5. The van der Waals surface area contributed by atoms with Crippen LogP contribution >= 0.6 is 0 Å². The third kappa shape index (κ3) is 7.47. The monoisotopic (exact) mass is 788 g/mol. The highest BCUT2D eigenvalue weighted by Gasteiger charge is 2.28. The maximum Gasteiger partial charge on any atom is 0.259 e. The van der Waals surface area contributed by atoms with Gasteiger partial charge in [-0.15, -0.1) is 14.8 Å². The number of H-pyrrole nitrogens is 1. The van der Waals surface area contributed by atoms with E-state index in [2.05, 4.69) is 63.4 Å². The zero-order chi connectivity index (χ0) is 41.6. The zero-order valence-electron chi connectivity index (χ0n) is 34.1. The van der Waals surface area contributed by atoms with Gasteiger partial charge in [0.1, 0.15) is 11.5 Å². The van der Waals surface area contributed by atoms with Gasteiger partial charge in [-0.1, -0.05) is 65.8 Å². The lowest BCUT2D eigenvalue weighted by molar-refractivity contribution is 0.101. The van der Waals surface area contributed by atoms with Gasteiger partial charge in [-0.05, 0) is 78.9 Å². The number of rotatable bonds is 9. The molecule has 0 bridgehead atoms. The Morgan fingerprint density at radius 1 is 0.627 bits per heavy atom. The van der Waals surface area contributed by atoms with E-state index in [4.69, 9.17) is 34.7 Å². The van der Waals surface area contributed by atoms with Crippen LogP contribution < -0.4 is 25.3 Å². The standard InChI is InChI=1S/C45H44N10O4/c1-44(2,3)36-32(40-48-38(52-54(40)50-36)26-17-21-28(22-18-26)46-42(56)30-13-9-11-15-34(30)58-7)25-33-37(45(4,5)6)51-55-41(33)49-39(53-55)27-19-23-29(24-20-27)47-43(57)31-14-10-12-16-35(31)59-8/h9-25,50H,1-8H3,(H,46,56)(H,47,57)/b33-25-. The molecule has 0 saturated heterocycles. The molecule has 0 aliphatic heterocycles. The molecule has 298 valence electrons. The van der Waals surface area contributed by atoms with Crippen LogP contribution in [0.1, 0.15) is 79.2 Å². The van der Waals surface area contributed by atoms with E-state index in [0.717, 1.165) is 33.3 Å². The summed E-state index contributed by atoms with van der Waals surface area (Å²) in [4.78, 5) is 36.0. The molecule has 0 radical (unpaired) electrons. The third-order valence-corrected chi connectivity index (χ3v) is 9.87. The van der Waals surface area contributed by atoms with Crippen LogP contribution in [-0.2, 0) is 10.8 Å². The minimum Gasteiger partial charge on any atom is -0.496 e. The predicted octanol–water partition coefficient (Wildman–Crippen LogP) is 7.49. The molecule has 0 unspecified atom stereocenters. The number of amides is 2. The van der Waals surface area contributed by atoms with Crippen LogP contribution in [0.5, 0.6) is 11.5 Å². The fraction of sp³-hybridized carbons (Fsp3) is 0.222. The van der Waals surface area contributed by atoms with Crippen molar-refractivity contribution in [1.82, 2.24) is 39.6 Å². The largest absolute Gasteiger partial charge is 0.496 e. The van der Waals surface area contributed by atoms with Crippen molar-refractivity contribution in [3.63, 3.8) is 0 Å². The van der Waals surface area contributed by atoms with Gasteiger partial charge in [0.15, 0.2) is 22.9 Å². The smallest absolute Gasteiger partial charge is 0.259 e. The summed E-state index contributed by atoms with van der Waals surface area (Å²) in [5, 5.41) is 24.8. The van der Waals surface area contributed by atoms with Crippen LogP contribution in [0.4, 0.5) is 11.4 Å². The first-order valence-electron chi connectivity index (χ1n) is 19.1. The van der Waals surface area contributed by atoms with Crippen LogP contribution in [0.2, 0.25) is 0 Å². The second-order valence-electron chi connectivity index (χ2n) is 16.2. The molecular formula is C45H44N10O4. The van der Waals surface area contributed by atoms with Crippen LogP contribution in [0.15, 0.2) is 97.1 Å². The number of carbonyl (C=O) groups excluding carboxylic acids is 2. The maximum atomic E-state index is 13.0. The van der Waals surface area contributed by atoms with Crippen molar-refractivity contribution < 1.29 is 19.1 Å². The van der Waals surface area contributed by atoms with Gasteiger partial charge in [0.05, 0.1) is 36.7 Å². The minimum atomic E-state index is -0.341. The van der Waals surface area contributed by atoms with Crippen LogP contribution in [0.25, 0.3) is 40.1 Å². The molecule has 59 heavy (non-hydrogen) atoms. The second kappa shape index (κ2) is 14.9. The normalized spacial score (nSPS) is 12.3. The number of fused-ring (bicyclic) bond motifs is 2. The molecule has 3 N–H and O–H groups in total. The summed E-state index contributed by atoms with van der Waals surface area (Å²) >= 11 is 0. The average Bonchev–Trinajstić information content (AvgIpc) is 3.99. The number of hydrogen-bond donors (Lipinski definition) is 3. The first-order chi connectivity index (χ1) is 28.2. The summed E-state index contributed by atoms with van der Waals surface area (Å²) in [5.41, 5.74) is 6.91. The number of nitrogens with zero attached hydrogens (tertiary/aromatic N) is 7. The van der Waals surface area contributed by atoms with Gasteiger partial charge in [0.2, 0.25) is 0 Å². The molecule has 0 atom stereocenters. The van der Waals surface area contributed by atoms with E-state index in [1.54, 1.807) is 45.7 Å². The number of carbonyl (C=O) groups is 2. The summed E-state index contributed by atoms with van der Waals surface area (Å²) in [5.74, 6) is 1.46. The number of para-hydroxylation sites is 2. The Balaban J connectivity index is 1.13. The molecule has 0 saturated carbocycles. The number of methoxy groups -OCH3 is 2. The van der Waals surface area contributed by atoms with Gasteiger partial charge >= 0.3 is 0 Å². The van der Waals surface area contributed by atoms with Gasteiger partial charge in [-0.2, -0.15) is 9.73 Å². The van der Waals surface area contributed by atoms with E-state index in [1.165, 1.54) is 14.2 Å². The lowest BCUT2D eigenvalue weighted by Crippen LogP contribution is -2.22. The Hall–Kier alpha value is -7.35. The van der Waals surface area contributed by atoms with Crippen LogP contribution in [0, 0.1) is 0 Å². The van der Waals surface area contributed by atoms with Crippen molar-refractivity contribution in [2.45, 2.75) is 52.4 Å². The summed E-state index contributed by atoms with van der Waals surface area (Å²) in [6, 6.07) is 28.9. The topological polar surface area (TPSA) is 166 Å². The van der Waals surface area contributed by atoms with E-state index in [9.17, 15) is 9.59 Å². The van der Waals surface area contributed by atoms with Crippen molar-refractivity contribution in [2.24, 2.45) is 0 Å². The first-order valence-corrected chi connectivity index (χ1v) is 19.1. The Bertz CT molecular complexity index is 2910. The highest BCUT2D eigenvalue weighted by molar-refractivity contribution is 6.07. The number of ether oxygens (including phenoxy) is 2. The van der Waals surface area contributed by atoms with Crippen LogP contribution in [0.3, 0.4) is 0 Å². The van der Waals surface area contributed by atoms with Gasteiger partial charge in [0, 0.05) is 44.1 Å². The molecular weight excluding hydrogens is 745 g/mol. The van der Waals surface area contributed by atoms with Gasteiger partial charge in [0.25, 0.3) is 11.8 Å². The van der Waals surface area contributed by atoms with E-state index < -0.39 is 0 Å². The third-order valence-electron chi connectivity index (χ3n) is 9.87. The number of aromatic nitrogens is 8. The molecule has 4 aromatic carbocycles. The molecule has 8 aromatic rings. The van der Waals surface area contributed by atoms with Crippen molar-refractivity contribution in [3.05, 3.63) is 130 Å². The minimum absolute atomic E-state index is 0.270. The van der Waals surface area contributed by atoms with Crippen molar-refractivity contribution in [1.29, 1.82) is 0 Å². The number of hydrogen-bond acceptors (Lipinski definition) is 9. The summed E-state index contributed by atoms with van der Waals surface area (Å²) < 4.78 is 14.0. The molecule has 14 heteroatoms. The number of nitrogens with one attached hydrogen (secondary N) is 3. The van der Waals surface area contributed by atoms with Crippen LogP contribution in [-0.4, -0.2) is 65.7 Å². The highest BCUT2D eigenvalue weighted by atomic mass is 16.5. The Morgan fingerprint density at radius 3 is 1.61 bits per heavy atom. The van der Waals surface area contributed by atoms with E-state index in [0.29, 0.717) is 56.9 Å². The second-order valence-corrected chi connectivity index (χ2v) is 16.2. The number of aromatic amines is 1.